The molecule has 0 aliphatic heterocycles. The Hall–Kier alpha value is -2.42. The van der Waals surface area contributed by atoms with Gasteiger partial charge in [0, 0.05) is 11.8 Å². The first-order valence-corrected chi connectivity index (χ1v) is 6.41. The Morgan fingerprint density at radius 2 is 1.95 bits per heavy atom. The second-order valence-corrected chi connectivity index (χ2v) is 4.80. The van der Waals surface area contributed by atoms with Gasteiger partial charge in [-0.3, -0.25) is 4.79 Å². The van der Waals surface area contributed by atoms with Crippen molar-refractivity contribution in [3.8, 4) is 0 Å². The summed E-state index contributed by atoms with van der Waals surface area (Å²) in [5, 5.41) is 0.609. The number of furan rings is 1. The van der Waals surface area contributed by atoms with Gasteiger partial charge in [0.2, 0.25) is 5.78 Å². The van der Waals surface area contributed by atoms with Crippen LogP contribution in [0.15, 0.2) is 52.9 Å². The molecule has 3 heteroatoms. The fourth-order valence-corrected chi connectivity index (χ4v) is 2.23. The molecule has 20 heavy (non-hydrogen) atoms. The first-order chi connectivity index (χ1) is 9.65. The van der Waals surface area contributed by atoms with Crippen LogP contribution in [0.2, 0.25) is 0 Å². The number of fused-ring (bicyclic) bond motifs is 1. The van der Waals surface area contributed by atoms with Gasteiger partial charge in [-0.15, -0.1) is 0 Å². The molecule has 0 saturated carbocycles. The average Bonchev–Trinajstić information content (AvgIpc) is 2.87. The van der Waals surface area contributed by atoms with E-state index < -0.39 is 5.82 Å². The molecule has 0 aliphatic carbocycles. The van der Waals surface area contributed by atoms with Crippen molar-refractivity contribution in [2.45, 2.75) is 13.3 Å². The van der Waals surface area contributed by atoms with Crippen molar-refractivity contribution < 1.29 is 13.6 Å². The molecule has 0 unspecified atom stereocenters. The molecule has 2 aromatic carbocycles. The summed E-state index contributed by atoms with van der Waals surface area (Å²) in [7, 11) is 0. The monoisotopic (exact) mass is 268 g/mol. The van der Waals surface area contributed by atoms with E-state index in [1.54, 1.807) is 18.2 Å². The molecule has 0 spiro atoms. The maximum absolute atomic E-state index is 13.5. The van der Waals surface area contributed by atoms with Crippen molar-refractivity contribution in [2.24, 2.45) is 0 Å². The zero-order chi connectivity index (χ0) is 14.1. The Bertz CT molecular complexity index is 787. The van der Waals surface area contributed by atoms with Crippen LogP contribution in [0, 0.1) is 12.7 Å². The van der Waals surface area contributed by atoms with Crippen molar-refractivity contribution in [3.05, 3.63) is 71.2 Å². The van der Waals surface area contributed by atoms with Crippen LogP contribution in [-0.4, -0.2) is 5.78 Å². The molecule has 0 aliphatic rings. The number of aryl methyl sites for hydroxylation is 1. The Morgan fingerprint density at radius 3 is 2.70 bits per heavy atom. The third-order valence-corrected chi connectivity index (χ3v) is 3.38. The highest BCUT2D eigenvalue weighted by Crippen LogP contribution is 2.23. The molecular formula is C17H13FO2. The van der Waals surface area contributed by atoms with E-state index in [1.807, 2.05) is 31.2 Å². The molecule has 3 rings (SSSR count). The SMILES string of the molecule is Cc1ccccc1CC(=O)c1cc2cccc(F)c2o1. The fourth-order valence-electron chi connectivity index (χ4n) is 2.23. The Morgan fingerprint density at radius 1 is 1.15 bits per heavy atom. The maximum Gasteiger partial charge on any atom is 0.202 e. The van der Waals surface area contributed by atoms with E-state index in [1.165, 1.54) is 6.07 Å². The quantitative estimate of drug-likeness (QED) is 0.663. The van der Waals surface area contributed by atoms with Gasteiger partial charge in [-0.1, -0.05) is 36.4 Å². The van der Waals surface area contributed by atoms with Gasteiger partial charge in [-0.05, 0) is 30.2 Å². The third kappa shape index (κ3) is 2.23. The standard InChI is InChI=1S/C17H13FO2/c1-11-5-2-3-6-12(11)9-15(19)16-10-13-7-4-8-14(18)17(13)20-16/h2-8,10H,9H2,1H3. The highest BCUT2D eigenvalue weighted by atomic mass is 19.1. The Balaban J connectivity index is 1.93. The summed E-state index contributed by atoms with van der Waals surface area (Å²) in [5.74, 6) is -0.388. The zero-order valence-electron chi connectivity index (χ0n) is 11.0. The molecule has 2 nitrogen and oxygen atoms in total. The number of benzene rings is 2. The van der Waals surface area contributed by atoms with E-state index in [-0.39, 0.29) is 23.5 Å². The van der Waals surface area contributed by atoms with Crippen LogP contribution in [0.5, 0.6) is 0 Å². The lowest BCUT2D eigenvalue weighted by Crippen LogP contribution is -2.03. The van der Waals surface area contributed by atoms with Gasteiger partial charge in [0.1, 0.15) is 0 Å². The number of rotatable bonds is 3. The largest absolute Gasteiger partial charge is 0.450 e. The molecule has 100 valence electrons. The lowest BCUT2D eigenvalue weighted by atomic mass is 10.0. The van der Waals surface area contributed by atoms with Crippen LogP contribution in [0.3, 0.4) is 0 Å². The summed E-state index contributed by atoms with van der Waals surface area (Å²) >= 11 is 0. The Labute approximate surface area is 115 Å². The van der Waals surface area contributed by atoms with Crippen LogP contribution in [-0.2, 0) is 6.42 Å². The minimum atomic E-state index is -0.447. The van der Waals surface area contributed by atoms with Gasteiger partial charge in [-0.2, -0.15) is 0 Å². The lowest BCUT2D eigenvalue weighted by Gasteiger charge is -2.02. The maximum atomic E-state index is 13.5. The van der Waals surface area contributed by atoms with Crippen LogP contribution in [0.4, 0.5) is 4.39 Å². The van der Waals surface area contributed by atoms with E-state index in [9.17, 15) is 9.18 Å². The summed E-state index contributed by atoms with van der Waals surface area (Å²) in [5.41, 5.74) is 2.15. The molecule has 0 amide bonds. The second kappa shape index (κ2) is 4.93. The minimum absolute atomic E-state index is 0.139. The number of Topliss-reactive ketones (excluding diaryl/α,β-unsaturated/α-hetero) is 1. The Kier molecular flexibility index (Phi) is 3.11. The molecular weight excluding hydrogens is 255 g/mol. The van der Waals surface area contributed by atoms with Gasteiger partial charge < -0.3 is 4.42 Å². The molecule has 1 heterocycles. The van der Waals surface area contributed by atoms with Gasteiger partial charge in [-0.25, -0.2) is 4.39 Å². The summed E-state index contributed by atoms with van der Waals surface area (Å²) in [6.45, 7) is 1.96. The smallest absolute Gasteiger partial charge is 0.202 e. The number of hydrogen-bond acceptors (Lipinski definition) is 2. The molecule has 0 fully saturated rings. The fraction of sp³-hybridized carbons (Fsp3) is 0.118. The highest BCUT2D eigenvalue weighted by Gasteiger charge is 2.15. The van der Waals surface area contributed by atoms with Crippen LogP contribution >= 0.6 is 0 Å². The zero-order valence-corrected chi connectivity index (χ0v) is 11.0. The van der Waals surface area contributed by atoms with Crippen molar-refractivity contribution >= 4 is 16.8 Å². The third-order valence-electron chi connectivity index (χ3n) is 3.38. The molecule has 1 aromatic heterocycles. The van der Waals surface area contributed by atoms with Crippen molar-refractivity contribution in [1.29, 1.82) is 0 Å². The van der Waals surface area contributed by atoms with E-state index in [0.29, 0.717) is 5.39 Å². The van der Waals surface area contributed by atoms with Gasteiger partial charge in [0.05, 0.1) is 0 Å². The minimum Gasteiger partial charge on any atom is -0.450 e. The summed E-state index contributed by atoms with van der Waals surface area (Å²) < 4.78 is 18.9. The predicted molar refractivity (Wildman–Crippen MR) is 75.4 cm³/mol. The predicted octanol–water partition coefficient (Wildman–Crippen LogP) is 4.31. The van der Waals surface area contributed by atoms with Crippen LogP contribution in [0.25, 0.3) is 11.0 Å². The molecule has 0 bridgehead atoms. The van der Waals surface area contributed by atoms with Crippen molar-refractivity contribution in [1.82, 2.24) is 0 Å². The van der Waals surface area contributed by atoms with Crippen LogP contribution < -0.4 is 0 Å². The number of halogens is 1. The molecule has 3 aromatic rings. The van der Waals surface area contributed by atoms with E-state index in [2.05, 4.69) is 0 Å². The number of hydrogen-bond donors (Lipinski definition) is 0. The summed E-state index contributed by atoms with van der Waals surface area (Å²) in [6.07, 6.45) is 0.258. The average molecular weight is 268 g/mol. The molecule has 0 saturated heterocycles. The van der Waals surface area contributed by atoms with Gasteiger partial charge >= 0.3 is 0 Å². The number of para-hydroxylation sites is 1. The van der Waals surface area contributed by atoms with E-state index in [0.717, 1.165) is 11.1 Å². The van der Waals surface area contributed by atoms with Crippen LogP contribution in [0.1, 0.15) is 21.7 Å². The molecule has 0 atom stereocenters. The number of carbonyl (C=O) groups is 1. The lowest BCUT2D eigenvalue weighted by molar-refractivity contribution is 0.0968. The highest BCUT2D eigenvalue weighted by molar-refractivity contribution is 5.98. The summed E-state index contributed by atoms with van der Waals surface area (Å²) in [4.78, 5) is 12.2. The molecule has 0 N–H and O–H groups in total. The number of carbonyl (C=O) groups excluding carboxylic acids is 1. The summed E-state index contributed by atoms with van der Waals surface area (Å²) in [6, 6.07) is 13.9. The molecule has 0 radical (unpaired) electrons. The topological polar surface area (TPSA) is 30.2 Å². The van der Waals surface area contributed by atoms with Crippen molar-refractivity contribution in [3.63, 3.8) is 0 Å². The second-order valence-electron chi connectivity index (χ2n) is 4.80. The normalized spacial score (nSPS) is 10.9. The first-order valence-electron chi connectivity index (χ1n) is 6.41. The van der Waals surface area contributed by atoms with Gasteiger partial charge in [0.15, 0.2) is 17.2 Å². The van der Waals surface area contributed by atoms with Crippen molar-refractivity contribution in [2.75, 3.05) is 0 Å². The van der Waals surface area contributed by atoms with E-state index in [4.69, 9.17) is 4.42 Å². The van der Waals surface area contributed by atoms with E-state index >= 15 is 0 Å². The van der Waals surface area contributed by atoms with Gasteiger partial charge in [0.25, 0.3) is 0 Å². The number of ketones is 1. The first kappa shape index (κ1) is 12.6.